The lowest BCUT2D eigenvalue weighted by molar-refractivity contribution is 0.145. The van der Waals surface area contributed by atoms with Gasteiger partial charge in [-0.1, -0.05) is 12.1 Å². The quantitative estimate of drug-likeness (QED) is 0.364. The summed E-state index contributed by atoms with van der Waals surface area (Å²) in [4.78, 5) is 4.75. The van der Waals surface area contributed by atoms with E-state index in [1.54, 1.807) is 7.11 Å². The SMILES string of the molecule is CCNC(=NCc1ccc(C)cc1OCCOC)NCCc1c(C)nn(C)c1C. The van der Waals surface area contributed by atoms with E-state index < -0.39 is 0 Å². The van der Waals surface area contributed by atoms with Gasteiger partial charge in [0.1, 0.15) is 12.4 Å². The van der Waals surface area contributed by atoms with E-state index in [1.807, 2.05) is 11.7 Å². The Bertz CT molecular complexity index is 814. The van der Waals surface area contributed by atoms with Crippen LogP contribution in [0.3, 0.4) is 0 Å². The number of methoxy groups -OCH3 is 1. The number of nitrogens with zero attached hydrogens (tertiary/aromatic N) is 3. The molecular formula is C22H35N5O2. The van der Waals surface area contributed by atoms with Crippen molar-refractivity contribution in [3.05, 3.63) is 46.3 Å². The third-order valence-electron chi connectivity index (χ3n) is 4.85. The standard InChI is InChI=1S/C22H35N5O2/c1-7-23-22(24-11-10-20-17(3)26-27(5)18(20)4)25-15-19-9-8-16(2)14-21(19)29-13-12-28-6/h8-9,14H,7,10-13,15H2,1-6H3,(H2,23,24,25). The molecule has 1 heterocycles. The van der Waals surface area contributed by atoms with Crippen molar-refractivity contribution >= 4 is 5.96 Å². The molecule has 0 saturated heterocycles. The van der Waals surface area contributed by atoms with Crippen LogP contribution in [0.5, 0.6) is 5.75 Å². The molecule has 0 radical (unpaired) electrons. The van der Waals surface area contributed by atoms with Gasteiger partial charge in [-0.25, -0.2) is 4.99 Å². The molecule has 29 heavy (non-hydrogen) atoms. The summed E-state index contributed by atoms with van der Waals surface area (Å²) in [6.45, 7) is 11.5. The average molecular weight is 402 g/mol. The molecule has 7 nitrogen and oxygen atoms in total. The molecule has 0 atom stereocenters. The second kappa shape index (κ2) is 11.5. The Morgan fingerprint density at radius 2 is 1.97 bits per heavy atom. The maximum Gasteiger partial charge on any atom is 0.191 e. The highest BCUT2D eigenvalue weighted by atomic mass is 16.5. The highest BCUT2D eigenvalue weighted by Gasteiger charge is 2.09. The zero-order valence-corrected chi connectivity index (χ0v) is 18.6. The molecule has 0 aliphatic carbocycles. The van der Waals surface area contributed by atoms with Crippen molar-refractivity contribution in [3.8, 4) is 5.75 Å². The van der Waals surface area contributed by atoms with Crippen molar-refractivity contribution in [2.24, 2.45) is 12.0 Å². The van der Waals surface area contributed by atoms with Crippen molar-refractivity contribution in [1.82, 2.24) is 20.4 Å². The summed E-state index contributed by atoms with van der Waals surface area (Å²) in [5.41, 5.74) is 5.82. The number of nitrogens with one attached hydrogen (secondary N) is 2. The van der Waals surface area contributed by atoms with Crippen LogP contribution in [0.2, 0.25) is 0 Å². The molecule has 0 amide bonds. The number of guanidine groups is 1. The Balaban J connectivity index is 2.01. The molecule has 0 fully saturated rings. The number of hydrogen-bond donors (Lipinski definition) is 2. The Morgan fingerprint density at radius 3 is 2.62 bits per heavy atom. The zero-order chi connectivity index (χ0) is 21.2. The second-order valence-corrected chi connectivity index (χ2v) is 7.10. The van der Waals surface area contributed by atoms with Crippen molar-refractivity contribution in [3.63, 3.8) is 0 Å². The van der Waals surface area contributed by atoms with Gasteiger partial charge in [-0.05, 0) is 51.3 Å². The van der Waals surface area contributed by atoms with Gasteiger partial charge in [0.25, 0.3) is 0 Å². The molecule has 0 saturated carbocycles. The third-order valence-corrected chi connectivity index (χ3v) is 4.85. The lowest BCUT2D eigenvalue weighted by atomic mass is 10.1. The molecule has 2 rings (SSSR count). The largest absolute Gasteiger partial charge is 0.491 e. The Morgan fingerprint density at radius 1 is 1.17 bits per heavy atom. The average Bonchev–Trinajstić information content (AvgIpc) is 2.93. The van der Waals surface area contributed by atoms with Crippen LogP contribution in [0.4, 0.5) is 0 Å². The van der Waals surface area contributed by atoms with Gasteiger partial charge in [-0.2, -0.15) is 5.10 Å². The summed E-state index contributed by atoms with van der Waals surface area (Å²) in [6.07, 6.45) is 0.909. The number of aromatic nitrogens is 2. The van der Waals surface area contributed by atoms with E-state index in [1.165, 1.54) is 11.3 Å². The molecule has 2 aromatic rings. The number of aryl methyl sites for hydroxylation is 3. The lowest BCUT2D eigenvalue weighted by Gasteiger charge is -2.14. The molecule has 160 valence electrons. The van der Waals surface area contributed by atoms with Gasteiger partial charge in [0.2, 0.25) is 0 Å². The van der Waals surface area contributed by atoms with Crippen LogP contribution in [-0.4, -0.2) is 49.2 Å². The second-order valence-electron chi connectivity index (χ2n) is 7.10. The van der Waals surface area contributed by atoms with E-state index in [-0.39, 0.29) is 0 Å². The first-order valence-corrected chi connectivity index (χ1v) is 10.2. The van der Waals surface area contributed by atoms with Crippen LogP contribution in [0, 0.1) is 20.8 Å². The molecule has 0 aliphatic rings. The minimum atomic E-state index is 0.527. The first kappa shape index (κ1) is 22.7. The van der Waals surface area contributed by atoms with Crippen LogP contribution in [0.25, 0.3) is 0 Å². The third kappa shape index (κ3) is 6.78. The van der Waals surface area contributed by atoms with E-state index >= 15 is 0 Å². The predicted octanol–water partition coefficient (Wildman–Crippen LogP) is 2.67. The van der Waals surface area contributed by atoms with E-state index in [4.69, 9.17) is 14.5 Å². The Hall–Kier alpha value is -2.54. The van der Waals surface area contributed by atoms with Crippen molar-refractivity contribution in [2.75, 3.05) is 33.4 Å². The summed E-state index contributed by atoms with van der Waals surface area (Å²) >= 11 is 0. The number of aliphatic imine (C=N–C) groups is 1. The fourth-order valence-electron chi connectivity index (χ4n) is 3.15. The minimum Gasteiger partial charge on any atom is -0.491 e. The summed E-state index contributed by atoms with van der Waals surface area (Å²) in [6, 6.07) is 6.21. The van der Waals surface area contributed by atoms with E-state index in [0.717, 1.165) is 48.0 Å². The Kier molecular flexibility index (Phi) is 8.99. The smallest absolute Gasteiger partial charge is 0.191 e. The summed E-state index contributed by atoms with van der Waals surface area (Å²) in [5, 5.41) is 11.2. The van der Waals surface area contributed by atoms with Crippen molar-refractivity contribution in [1.29, 1.82) is 0 Å². The molecule has 7 heteroatoms. The van der Waals surface area contributed by atoms with Gasteiger partial charge in [0.05, 0.1) is 18.8 Å². The molecule has 1 aromatic carbocycles. The van der Waals surface area contributed by atoms with Crippen LogP contribution >= 0.6 is 0 Å². The maximum atomic E-state index is 5.87. The molecule has 1 aromatic heterocycles. The highest BCUT2D eigenvalue weighted by molar-refractivity contribution is 5.79. The van der Waals surface area contributed by atoms with Gasteiger partial charge in [0.15, 0.2) is 5.96 Å². The van der Waals surface area contributed by atoms with E-state index in [2.05, 4.69) is 61.6 Å². The number of benzene rings is 1. The maximum absolute atomic E-state index is 5.87. The summed E-state index contributed by atoms with van der Waals surface area (Å²) in [7, 11) is 3.66. The van der Waals surface area contributed by atoms with Gasteiger partial charge >= 0.3 is 0 Å². The molecule has 0 unspecified atom stereocenters. The normalized spacial score (nSPS) is 11.6. The monoisotopic (exact) mass is 401 g/mol. The number of rotatable bonds is 10. The Labute approximate surface area is 174 Å². The molecule has 0 bridgehead atoms. The fraction of sp³-hybridized carbons (Fsp3) is 0.545. The van der Waals surface area contributed by atoms with E-state index in [0.29, 0.717) is 19.8 Å². The molecular weight excluding hydrogens is 366 g/mol. The molecule has 2 N–H and O–H groups in total. The predicted molar refractivity (Wildman–Crippen MR) is 118 cm³/mol. The van der Waals surface area contributed by atoms with Crippen LogP contribution < -0.4 is 15.4 Å². The van der Waals surface area contributed by atoms with Gasteiger partial charge in [-0.15, -0.1) is 0 Å². The summed E-state index contributed by atoms with van der Waals surface area (Å²) in [5.74, 6) is 1.67. The van der Waals surface area contributed by atoms with Gasteiger partial charge in [-0.3, -0.25) is 4.68 Å². The van der Waals surface area contributed by atoms with Crippen LogP contribution in [0.1, 0.15) is 35.0 Å². The minimum absolute atomic E-state index is 0.527. The highest BCUT2D eigenvalue weighted by Crippen LogP contribution is 2.21. The number of hydrogen-bond acceptors (Lipinski definition) is 4. The first-order chi connectivity index (χ1) is 14.0. The molecule has 0 aliphatic heterocycles. The lowest BCUT2D eigenvalue weighted by Crippen LogP contribution is -2.38. The fourth-order valence-corrected chi connectivity index (χ4v) is 3.15. The number of ether oxygens (including phenoxy) is 2. The van der Waals surface area contributed by atoms with Gasteiger partial charge < -0.3 is 20.1 Å². The zero-order valence-electron chi connectivity index (χ0n) is 18.6. The first-order valence-electron chi connectivity index (χ1n) is 10.2. The van der Waals surface area contributed by atoms with Crippen molar-refractivity contribution < 1.29 is 9.47 Å². The molecule has 0 spiro atoms. The summed E-state index contributed by atoms with van der Waals surface area (Å²) < 4.78 is 12.9. The van der Waals surface area contributed by atoms with Gasteiger partial charge in [0, 0.05) is 38.5 Å². The van der Waals surface area contributed by atoms with Crippen LogP contribution in [0.15, 0.2) is 23.2 Å². The van der Waals surface area contributed by atoms with Crippen LogP contribution in [-0.2, 0) is 24.8 Å². The van der Waals surface area contributed by atoms with Crippen molar-refractivity contribution in [2.45, 2.75) is 40.7 Å². The van der Waals surface area contributed by atoms with E-state index in [9.17, 15) is 0 Å². The topological polar surface area (TPSA) is 72.7 Å².